The molecule has 5 nitrogen and oxygen atoms in total. The molecule has 0 aromatic carbocycles. The molecule has 0 saturated heterocycles. The van der Waals surface area contributed by atoms with Crippen LogP contribution in [0.4, 0.5) is 5.82 Å². The number of hydrogen-bond donors (Lipinski definition) is 1. The summed E-state index contributed by atoms with van der Waals surface area (Å²) in [5.41, 5.74) is 1.42. The lowest BCUT2D eigenvalue weighted by Crippen LogP contribution is -2.16. The van der Waals surface area contributed by atoms with E-state index in [2.05, 4.69) is 31.3 Å². The monoisotopic (exact) mass is 308 g/mol. The summed E-state index contributed by atoms with van der Waals surface area (Å²) in [7, 11) is 1.75. The average Bonchev–Trinajstić information content (AvgIpc) is 2.70. The maximum absolute atomic E-state index is 12.0. The van der Waals surface area contributed by atoms with Gasteiger partial charge in [0, 0.05) is 17.7 Å². The molecule has 0 saturated carbocycles. The lowest BCUT2D eigenvalue weighted by molar-refractivity contribution is 0.101. The highest BCUT2D eigenvalue weighted by Gasteiger charge is 2.13. The lowest BCUT2D eigenvalue weighted by Gasteiger charge is -2.04. The van der Waals surface area contributed by atoms with Crippen molar-refractivity contribution in [3.63, 3.8) is 0 Å². The Morgan fingerprint density at radius 1 is 1.50 bits per heavy atom. The van der Waals surface area contributed by atoms with Crippen LogP contribution in [0.1, 0.15) is 23.1 Å². The van der Waals surface area contributed by atoms with Gasteiger partial charge in [-0.25, -0.2) is 4.98 Å². The molecule has 1 amide bonds. The van der Waals surface area contributed by atoms with E-state index in [0.29, 0.717) is 11.5 Å². The molecular formula is C12H13BrN4O. The first-order valence-corrected chi connectivity index (χ1v) is 6.35. The predicted octanol–water partition coefficient (Wildman–Crippen LogP) is 2.39. The number of aryl methyl sites for hydroxylation is 2. The van der Waals surface area contributed by atoms with Crippen molar-refractivity contribution in [2.75, 3.05) is 5.32 Å². The Bertz CT molecular complexity index is 579. The Kier molecular flexibility index (Phi) is 3.76. The summed E-state index contributed by atoms with van der Waals surface area (Å²) in [4.78, 5) is 16.1. The van der Waals surface area contributed by atoms with Crippen molar-refractivity contribution in [3.8, 4) is 0 Å². The molecule has 2 aromatic rings. The Morgan fingerprint density at radius 3 is 2.89 bits per heavy atom. The number of hydrogen-bond acceptors (Lipinski definition) is 3. The predicted molar refractivity (Wildman–Crippen MR) is 72.5 cm³/mol. The summed E-state index contributed by atoms with van der Waals surface area (Å²) in [5.74, 6) is 0.295. The number of carbonyl (C=O) groups is 1. The molecule has 2 heterocycles. The fourth-order valence-corrected chi connectivity index (χ4v) is 1.90. The lowest BCUT2D eigenvalue weighted by atomic mass is 10.3. The summed E-state index contributed by atoms with van der Waals surface area (Å²) in [6, 6.07) is 5.33. The first-order valence-electron chi connectivity index (χ1n) is 5.56. The Hall–Kier alpha value is -1.69. The Morgan fingerprint density at radius 2 is 2.28 bits per heavy atom. The number of nitrogens with one attached hydrogen (secondary N) is 1. The van der Waals surface area contributed by atoms with Gasteiger partial charge in [-0.15, -0.1) is 0 Å². The molecule has 0 atom stereocenters. The normalized spacial score (nSPS) is 10.4. The number of pyridine rings is 1. The topological polar surface area (TPSA) is 59.8 Å². The van der Waals surface area contributed by atoms with Crippen molar-refractivity contribution in [1.82, 2.24) is 14.8 Å². The second-order valence-electron chi connectivity index (χ2n) is 3.81. The average molecular weight is 309 g/mol. The summed E-state index contributed by atoms with van der Waals surface area (Å²) in [6.45, 7) is 2.00. The molecule has 0 radical (unpaired) electrons. The van der Waals surface area contributed by atoms with Crippen molar-refractivity contribution in [2.45, 2.75) is 13.3 Å². The van der Waals surface area contributed by atoms with Gasteiger partial charge in [-0.1, -0.05) is 22.9 Å². The fraction of sp³-hybridized carbons (Fsp3) is 0.250. The van der Waals surface area contributed by atoms with E-state index in [1.807, 2.05) is 6.92 Å². The standard InChI is InChI=1S/C12H13BrN4O/c1-3-9-7-10(17(2)16-9)12(18)15-11-6-8(13)4-5-14-11/h4-7H,3H2,1-2H3,(H,14,15,18). The van der Waals surface area contributed by atoms with E-state index in [0.717, 1.165) is 16.6 Å². The highest BCUT2D eigenvalue weighted by Crippen LogP contribution is 2.14. The van der Waals surface area contributed by atoms with E-state index < -0.39 is 0 Å². The van der Waals surface area contributed by atoms with Gasteiger partial charge in [0.15, 0.2) is 0 Å². The van der Waals surface area contributed by atoms with Crippen LogP contribution in [0.2, 0.25) is 0 Å². The van der Waals surface area contributed by atoms with Gasteiger partial charge in [0.1, 0.15) is 11.5 Å². The number of carbonyl (C=O) groups excluding carboxylic acids is 1. The molecule has 1 N–H and O–H groups in total. The van der Waals surface area contributed by atoms with Crippen molar-refractivity contribution >= 4 is 27.7 Å². The van der Waals surface area contributed by atoms with E-state index in [-0.39, 0.29) is 5.91 Å². The quantitative estimate of drug-likeness (QED) is 0.947. The zero-order chi connectivity index (χ0) is 13.1. The van der Waals surface area contributed by atoms with E-state index in [1.54, 1.807) is 36.1 Å². The molecule has 0 aliphatic carbocycles. The van der Waals surface area contributed by atoms with Crippen LogP contribution in [0.5, 0.6) is 0 Å². The molecule has 0 spiro atoms. The summed E-state index contributed by atoms with van der Waals surface area (Å²) in [6.07, 6.45) is 2.43. The van der Waals surface area contributed by atoms with Crippen molar-refractivity contribution in [1.29, 1.82) is 0 Å². The molecule has 6 heteroatoms. The second-order valence-corrected chi connectivity index (χ2v) is 4.73. The molecule has 0 fully saturated rings. The highest BCUT2D eigenvalue weighted by molar-refractivity contribution is 9.10. The van der Waals surface area contributed by atoms with Gasteiger partial charge < -0.3 is 5.32 Å². The van der Waals surface area contributed by atoms with E-state index in [1.165, 1.54) is 0 Å². The van der Waals surface area contributed by atoms with Gasteiger partial charge in [-0.05, 0) is 24.6 Å². The van der Waals surface area contributed by atoms with Gasteiger partial charge in [-0.3, -0.25) is 9.48 Å². The summed E-state index contributed by atoms with van der Waals surface area (Å²) < 4.78 is 2.44. The molecule has 2 aromatic heterocycles. The van der Waals surface area contributed by atoms with Crippen LogP contribution < -0.4 is 5.32 Å². The van der Waals surface area contributed by atoms with Crippen LogP contribution in [0.25, 0.3) is 0 Å². The fourth-order valence-electron chi connectivity index (χ4n) is 1.57. The van der Waals surface area contributed by atoms with Crippen LogP contribution >= 0.6 is 15.9 Å². The van der Waals surface area contributed by atoms with Crippen LogP contribution in [0, 0.1) is 0 Å². The second kappa shape index (κ2) is 5.30. The third-order valence-corrected chi connectivity index (χ3v) is 2.98. The molecule has 18 heavy (non-hydrogen) atoms. The zero-order valence-electron chi connectivity index (χ0n) is 10.1. The largest absolute Gasteiger partial charge is 0.305 e. The van der Waals surface area contributed by atoms with Crippen molar-refractivity contribution < 1.29 is 4.79 Å². The molecule has 0 unspecified atom stereocenters. The van der Waals surface area contributed by atoms with E-state index in [4.69, 9.17) is 0 Å². The first-order chi connectivity index (χ1) is 8.60. The van der Waals surface area contributed by atoms with Crippen molar-refractivity contribution in [3.05, 3.63) is 40.3 Å². The number of aromatic nitrogens is 3. The zero-order valence-corrected chi connectivity index (χ0v) is 11.7. The summed E-state index contributed by atoms with van der Waals surface area (Å²) >= 11 is 3.33. The number of rotatable bonds is 3. The molecule has 0 bridgehead atoms. The van der Waals surface area contributed by atoms with Gasteiger partial charge in [-0.2, -0.15) is 5.10 Å². The van der Waals surface area contributed by atoms with E-state index >= 15 is 0 Å². The number of halogens is 1. The molecule has 94 valence electrons. The smallest absolute Gasteiger partial charge is 0.275 e. The SMILES string of the molecule is CCc1cc(C(=O)Nc2cc(Br)ccn2)n(C)n1. The van der Waals surface area contributed by atoms with Crippen LogP contribution in [0.15, 0.2) is 28.9 Å². The first kappa shape index (κ1) is 12.8. The number of amides is 1. The van der Waals surface area contributed by atoms with Crippen LogP contribution in [0.3, 0.4) is 0 Å². The van der Waals surface area contributed by atoms with E-state index in [9.17, 15) is 4.79 Å². The Labute approximate surface area is 113 Å². The third kappa shape index (κ3) is 2.76. The molecule has 0 aliphatic rings. The molecule has 2 rings (SSSR count). The highest BCUT2D eigenvalue weighted by atomic mass is 79.9. The van der Waals surface area contributed by atoms with Gasteiger partial charge in [0.05, 0.1) is 5.69 Å². The minimum atomic E-state index is -0.213. The van der Waals surface area contributed by atoms with Gasteiger partial charge >= 0.3 is 0 Å². The number of nitrogens with zero attached hydrogens (tertiary/aromatic N) is 3. The summed E-state index contributed by atoms with van der Waals surface area (Å²) in [5, 5.41) is 6.97. The third-order valence-electron chi connectivity index (χ3n) is 2.49. The number of anilines is 1. The van der Waals surface area contributed by atoms with Gasteiger partial charge in [0.25, 0.3) is 5.91 Å². The minimum Gasteiger partial charge on any atom is -0.305 e. The van der Waals surface area contributed by atoms with Crippen LogP contribution in [-0.2, 0) is 13.5 Å². The van der Waals surface area contributed by atoms with Crippen molar-refractivity contribution in [2.24, 2.45) is 7.05 Å². The van der Waals surface area contributed by atoms with Crippen LogP contribution in [-0.4, -0.2) is 20.7 Å². The maximum atomic E-state index is 12.0. The maximum Gasteiger partial charge on any atom is 0.275 e. The molecule has 0 aliphatic heterocycles. The molecular weight excluding hydrogens is 296 g/mol. The van der Waals surface area contributed by atoms with Gasteiger partial charge in [0.2, 0.25) is 0 Å². The minimum absolute atomic E-state index is 0.213. The Balaban J connectivity index is 2.19.